The highest BCUT2D eigenvalue weighted by Crippen LogP contribution is 2.40. The SMILES string of the molecule is CC(F)(F)C1CNc2ccccc21. The summed E-state index contributed by atoms with van der Waals surface area (Å²) in [6.07, 6.45) is 0. The summed E-state index contributed by atoms with van der Waals surface area (Å²) in [6.45, 7) is 1.31. The van der Waals surface area contributed by atoms with Crippen LogP contribution in [0.4, 0.5) is 14.5 Å². The maximum Gasteiger partial charge on any atom is 0.253 e. The highest BCUT2D eigenvalue weighted by molar-refractivity contribution is 5.58. The predicted molar refractivity (Wildman–Crippen MR) is 48.3 cm³/mol. The molecule has 0 radical (unpaired) electrons. The molecule has 1 aliphatic heterocycles. The molecular formula is C10H11F2N. The molecule has 3 heteroatoms. The van der Waals surface area contributed by atoms with Crippen molar-refractivity contribution in [1.82, 2.24) is 0 Å². The average Bonchev–Trinajstić information content (AvgIpc) is 2.45. The monoisotopic (exact) mass is 183 g/mol. The van der Waals surface area contributed by atoms with Gasteiger partial charge in [-0.05, 0) is 11.6 Å². The van der Waals surface area contributed by atoms with Gasteiger partial charge in [-0.15, -0.1) is 0 Å². The van der Waals surface area contributed by atoms with Gasteiger partial charge in [0.05, 0.1) is 5.92 Å². The van der Waals surface area contributed by atoms with Crippen LogP contribution in [0.1, 0.15) is 18.4 Å². The van der Waals surface area contributed by atoms with Crippen molar-refractivity contribution < 1.29 is 8.78 Å². The van der Waals surface area contributed by atoms with E-state index in [2.05, 4.69) is 5.32 Å². The molecule has 70 valence electrons. The molecule has 1 atom stereocenters. The van der Waals surface area contributed by atoms with Crippen LogP contribution in [0.5, 0.6) is 0 Å². The largest absolute Gasteiger partial charge is 0.384 e. The Morgan fingerprint density at radius 3 is 2.77 bits per heavy atom. The quantitative estimate of drug-likeness (QED) is 0.705. The molecule has 0 amide bonds. The summed E-state index contributed by atoms with van der Waals surface area (Å²) in [7, 11) is 0. The van der Waals surface area contributed by atoms with Crippen molar-refractivity contribution in [2.24, 2.45) is 0 Å². The molecule has 0 aliphatic carbocycles. The molecule has 1 aliphatic rings. The van der Waals surface area contributed by atoms with E-state index in [1.54, 1.807) is 12.1 Å². The van der Waals surface area contributed by atoms with E-state index >= 15 is 0 Å². The molecule has 1 unspecified atom stereocenters. The summed E-state index contributed by atoms with van der Waals surface area (Å²) < 4.78 is 26.1. The number of rotatable bonds is 1. The lowest BCUT2D eigenvalue weighted by atomic mass is 9.96. The normalized spacial score (nSPS) is 21.0. The lowest BCUT2D eigenvalue weighted by Crippen LogP contribution is -2.23. The molecule has 1 heterocycles. The van der Waals surface area contributed by atoms with E-state index in [1.165, 1.54) is 0 Å². The van der Waals surface area contributed by atoms with Crippen LogP contribution < -0.4 is 5.32 Å². The fourth-order valence-corrected chi connectivity index (χ4v) is 1.74. The molecule has 0 aromatic heterocycles. The van der Waals surface area contributed by atoms with Gasteiger partial charge in [0.1, 0.15) is 0 Å². The van der Waals surface area contributed by atoms with Gasteiger partial charge in [0.25, 0.3) is 5.92 Å². The van der Waals surface area contributed by atoms with E-state index in [4.69, 9.17) is 0 Å². The Labute approximate surface area is 75.8 Å². The van der Waals surface area contributed by atoms with Gasteiger partial charge < -0.3 is 5.32 Å². The smallest absolute Gasteiger partial charge is 0.253 e. The van der Waals surface area contributed by atoms with Gasteiger partial charge in [0.2, 0.25) is 0 Å². The van der Waals surface area contributed by atoms with Crippen LogP contribution in [-0.2, 0) is 0 Å². The zero-order chi connectivity index (χ0) is 9.47. The Morgan fingerprint density at radius 2 is 2.08 bits per heavy atom. The number of nitrogens with one attached hydrogen (secondary N) is 1. The van der Waals surface area contributed by atoms with E-state index in [9.17, 15) is 8.78 Å². The highest BCUT2D eigenvalue weighted by Gasteiger charge is 2.39. The topological polar surface area (TPSA) is 12.0 Å². The third-order valence-corrected chi connectivity index (χ3v) is 2.44. The summed E-state index contributed by atoms with van der Waals surface area (Å²) in [6, 6.07) is 7.24. The van der Waals surface area contributed by atoms with Gasteiger partial charge in [-0.1, -0.05) is 18.2 Å². The van der Waals surface area contributed by atoms with E-state index in [1.807, 2.05) is 12.1 Å². The Hall–Kier alpha value is -1.12. The zero-order valence-electron chi connectivity index (χ0n) is 7.35. The Kier molecular flexibility index (Phi) is 1.75. The first-order chi connectivity index (χ1) is 6.09. The molecule has 0 saturated carbocycles. The summed E-state index contributed by atoms with van der Waals surface area (Å²) in [4.78, 5) is 0. The number of para-hydroxylation sites is 1. The van der Waals surface area contributed by atoms with Gasteiger partial charge in [0, 0.05) is 19.2 Å². The fourth-order valence-electron chi connectivity index (χ4n) is 1.74. The van der Waals surface area contributed by atoms with Crippen molar-refractivity contribution >= 4 is 5.69 Å². The summed E-state index contributed by atoms with van der Waals surface area (Å²) in [5, 5.41) is 2.98. The number of halogens is 2. The fraction of sp³-hybridized carbons (Fsp3) is 0.400. The van der Waals surface area contributed by atoms with Crippen molar-refractivity contribution in [1.29, 1.82) is 0 Å². The second-order valence-corrected chi connectivity index (χ2v) is 3.48. The number of alkyl halides is 2. The van der Waals surface area contributed by atoms with Gasteiger partial charge in [-0.2, -0.15) is 0 Å². The second-order valence-electron chi connectivity index (χ2n) is 3.48. The predicted octanol–water partition coefficient (Wildman–Crippen LogP) is 2.85. The number of hydrogen-bond acceptors (Lipinski definition) is 1. The zero-order valence-corrected chi connectivity index (χ0v) is 7.35. The molecule has 0 spiro atoms. The summed E-state index contributed by atoms with van der Waals surface area (Å²) in [5.74, 6) is -3.32. The first kappa shape index (κ1) is 8.48. The van der Waals surface area contributed by atoms with Gasteiger partial charge in [-0.25, -0.2) is 8.78 Å². The number of benzene rings is 1. The van der Waals surface area contributed by atoms with Crippen LogP contribution >= 0.6 is 0 Å². The van der Waals surface area contributed by atoms with Crippen LogP contribution in [0.15, 0.2) is 24.3 Å². The van der Waals surface area contributed by atoms with Crippen LogP contribution in [0, 0.1) is 0 Å². The third-order valence-electron chi connectivity index (χ3n) is 2.44. The molecule has 0 saturated heterocycles. The lowest BCUT2D eigenvalue weighted by Gasteiger charge is -2.18. The summed E-state index contributed by atoms with van der Waals surface area (Å²) in [5.41, 5.74) is 1.57. The average molecular weight is 183 g/mol. The first-order valence-corrected chi connectivity index (χ1v) is 4.29. The van der Waals surface area contributed by atoms with Crippen LogP contribution in [0.2, 0.25) is 0 Å². The van der Waals surface area contributed by atoms with E-state index in [0.717, 1.165) is 18.2 Å². The van der Waals surface area contributed by atoms with Crippen LogP contribution in [0.3, 0.4) is 0 Å². The molecule has 0 bridgehead atoms. The van der Waals surface area contributed by atoms with Crippen molar-refractivity contribution in [2.75, 3.05) is 11.9 Å². The minimum absolute atomic E-state index is 0.336. The molecular weight excluding hydrogens is 172 g/mol. The molecule has 13 heavy (non-hydrogen) atoms. The van der Waals surface area contributed by atoms with Crippen molar-refractivity contribution in [2.45, 2.75) is 18.8 Å². The van der Waals surface area contributed by atoms with Crippen LogP contribution in [0.25, 0.3) is 0 Å². The third kappa shape index (κ3) is 1.39. The van der Waals surface area contributed by atoms with Crippen molar-refractivity contribution in [3.63, 3.8) is 0 Å². The van der Waals surface area contributed by atoms with E-state index in [-0.39, 0.29) is 0 Å². The van der Waals surface area contributed by atoms with Gasteiger partial charge >= 0.3 is 0 Å². The molecule has 2 rings (SSSR count). The maximum atomic E-state index is 13.1. The highest BCUT2D eigenvalue weighted by atomic mass is 19.3. The van der Waals surface area contributed by atoms with Crippen molar-refractivity contribution in [3.05, 3.63) is 29.8 Å². The second kappa shape index (κ2) is 2.69. The molecule has 1 N–H and O–H groups in total. The van der Waals surface area contributed by atoms with Crippen LogP contribution in [-0.4, -0.2) is 12.5 Å². The minimum Gasteiger partial charge on any atom is -0.384 e. The first-order valence-electron chi connectivity index (χ1n) is 4.29. The Morgan fingerprint density at radius 1 is 1.38 bits per heavy atom. The van der Waals surface area contributed by atoms with Crippen molar-refractivity contribution in [3.8, 4) is 0 Å². The molecule has 1 nitrogen and oxygen atoms in total. The van der Waals surface area contributed by atoms with Gasteiger partial charge in [-0.3, -0.25) is 0 Å². The minimum atomic E-state index is -2.64. The molecule has 0 fully saturated rings. The Balaban J connectivity index is 2.39. The number of fused-ring (bicyclic) bond motifs is 1. The van der Waals surface area contributed by atoms with E-state index in [0.29, 0.717) is 6.54 Å². The number of anilines is 1. The summed E-state index contributed by atoms with van der Waals surface area (Å²) >= 11 is 0. The van der Waals surface area contributed by atoms with Gasteiger partial charge in [0.15, 0.2) is 0 Å². The molecule has 1 aromatic carbocycles. The maximum absolute atomic E-state index is 13.1. The van der Waals surface area contributed by atoms with E-state index < -0.39 is 11.8 Å². The lowest BCUT2D eigenvalue weighted by molar-refractivity contribution is -0.00184. The molecule has 1 aromatic rings. The standard InChI is InChI=1S/C10H11F2N/c1-10(11,12)8-6-13-9-5-3-2-4-7(8)9/h2-5,8,13H,6H2,1H3. The Bertz CT molecular complexity index is 317. The number of hydrogen-bond donors (Lipinski definition) is 1.